The highest BCUT2D eigenvalue weighted by Gasteiger charge is 2.31. The predicted molar refractivity (Wildman–Crippen MR) is 105 cm³/mol. The van der Waals surface area contributed by atoms with Gasteiger partial charge in [0.05, 0.1) is 18.1 Å². The lowest BCUT2D eigenvalue weighted by Gasteiger charge is -2.14. The number of carbonyl (C=O) groups is 1. The van der Waals surface area contributed by atoms with Crippen LogP contribution in [0.25, 0.3) is 0 Å². The molecule has 1 aliphatic rings. The number of furan rings is 1. The molecular weight excluding hydrogens is 360 g/mol. The molecule has 3 aromatic rings. The zero-order valence-corrected chi connectivity index (χ0v) is 16.2. The van der Waals surface area contributed by atoms with E-state index in [4.69, 9.17) is 4.42 Å². The molecule has 6 nitrogen and oxygen atoms in total. The number of para-hydroxylation sites is 1. The Morgan fingerprint density at radius 2 is 2.11 bits per heavy atom. The van der Waals surface area contributed by atoms with Crippen molar-refractivity contribution < 1.29 is 9.21 Å². The van der Waals surface area contributed by atoms with Crippen molar-refractivity contribution in [2.24, 2.45) is 0 Å². The molecule has 0 radical (unpaired) electrons. The Hall–Kier alpha value is -2.54. The van der Waals surface area contributed by atoms with Crippen molar-refractivity contribution in [3.05, 3.63) is 59.8 Å². The average molecular weight is 382 g/mol. The van der Waals surface area contributed by atoms with Crippen molar-refractivity contribution in [3.63, 3.8) is 0 Å². The summed E-state index contributed by atoms with van der Waals surface area (Å²) in [4.78, 5) is 12.6. The van der Waals surface area contributed by atoms with Crippen LogP contribution in [0, 0.1) is 6.92 Å². The lowest BCUT2D eigenvalue weighted by Crippen LogP contribution is -2.23. The fraction of sp³-hybridized carbons (Fsp3) is 0.350. The van der Waals surface area contributed by atoms with Crippen LogP contribution in [0.3, 0.4) is 0 Å². The van der Waals surface area contributed by atoms with Gasteiger partial charge in [-0.2, -0.15) is 0 Å². The van der Waals surface area contributed by atoms with Crippen LogP contribution < -0.4 is 5.32 Å². The first kappa shape index (κ1) is 17.9. The third-order valence-corrected chi connectivity index (χ3v) is 5.72. The number of carbonyl (C=O) groups excluding carboxylic acids is 1. The van der Waals surface area contributed by atoms with E-state index in [-0.39, 0.29) is 11.2 Å². The van der Waals surface area contributed by atoms with Gasteiger partial charge >= 0.3 is 0 Å². The summed E-state index contributed by atoms with van der Waals surface area (Å²) in [6, 6.07) is 11.6. The molecular formula is C20H22N4O2S. The first-order valence-corrected chi connectivity index (χ1v) is 9.98. The SMILES string of the molecule is Cc1ccccc1NC(=O)C(C)Sc1nnc(C2CC2)n1Cc1ccco1. The van der Waals surface area contributed by atoms with E-state index in [9.17, 15) is 4.79 Å². The number of anilines is 1. The van der Waals surface area contributed by atoms with Crippen molar-refractivity contribution in [3.8, 4) is 0 Å². The van der Waals surface area contributed by atoms with Crippen molar-refractivity contribution in [2.75, 3.05) is 5.32 Å². The molecule has 1 unspecified atom stereocenters. The van der Waals surface area contributed by atoms with Gasteiger partial charge in [-0.05, 0) is 50.5 Å². The Labute approximate surface area is 162 Å². The minimum Gasteiger partial charge on any atom is -0.467 e. The van der Waals surface area contributed by atoms with E-state index in [0.29, 0.717) is 12.5 Å². The summed E-state index contributed by atoms with van der Waals surface area (Å²) in [7, 11) is 0. The van der Waals surface area contributed by atoms with Gasteiger partial charge in [0.1, 0.15) is 11.6 Å². The third-order valence-electron chi connectivity index (χ3n) is 4.64. The van der Waals surface area contributed by atoms with E-state index in [2.05, 4.69) is 20.1 Å². The van der Waals surface area contributed by atoms with Crippen LogP contribution in [0.1, 0.15) is 42.8 Å². The maximum absolute atomic E-state index is 12.6. The summed E-state index contributed by atoms with van der Waals surface area (Å²) in [6.07, 6.45) is 3.95. The number of rotatable bonds is 7. The molecule has 1 aliphatic carbocycles. The highest BCUT2D eigenvalue weighted by molar-refractivity contribution is 8.00. The number of benzene rings is 1. The summed E-state index contributed by atoms with van der Waals surface area (Å²) >= 11 is 1.43. The minimum atomic E-state index is -0.295. The maximum atomic E-state index is 12.6. The van der Waals surface area contributed by atoms with Crippen LogP contribution >= 0.6 is 11.8 Å². The van der Waals surface area contributed by atoms with Gasteiger partial charge in [0, 0.05) is 11.6 Å². The average Bonchev–Trinajstić information content (AvgIpc) is 3.23. The lowest BCUT2D eigenvalue weighted by atomic mass is 10.2. The van der Waals surface area contributed by atoms with E-state index in [0.717, 1.165) is 40.8 Å². The quantitative estimate of drug-likeness (QED) is 0.619. The zero-order chi connectivity index (χ0) is 18.8. The minimum absolute atomic E-state index is 0.0465. The molecule has 1 N–H and O–H groups in total. The first-order valence-electron chi connectivity index (χ1n) is 9.10. The number of hydrogen-bond donors (Lipinski definition) is 1. The van der Waals surface area contributed by atoms with Gasteiger partial charge in [-0.3, -0.25) is 9.36 Å². The van der Waals surface area contributed by atoms with E-state index in [1.807, 2.05) is 50.2 Å². The summed E-state index contributed by atoms with van der Waals surface area (Å²) in [5, 5.41) is 12.2. The van der Waals surface area contributed by atoms with Gasteiger partial charge in [0.2, 0.25) is 5.91 Å². The summed E-state index contributed by atoms with van der Waals surface area (Å²) in [5.41, 5.74) is 1.88. The maximum Gasteiger partial charge on any atom is 0.237 e. The standard InChI is InChI=1S/C20H22N4O2S/c1-13-6-3-4-8-17(13)21-19(25)14(2)27-20-23-22-18(15-9-10-15)24(20)12-16-7-5-11-26-16/h3-8,11,14-15H,9-10,12H2,1-2H3,(H,21,25). The smallest absolute Gasteiger partial charge is 0.237 e. The fourth-order valence-electron chi connectivity index (χ4n) is 2.90. The molecule has 2 heterocycles. The second-order valence-corrected chi connectivity index (χ2v) is 8.15. The van der Waals surface area contributed by atoms with Gasteiger partial charge in [-0.25, -0.2) is 0 Å². The Balaban J connectivity index is 1.50. The van der Waals surface area contributed by atoms with Crippen molar-refractivity contribution in [1.29, 1.82) is 0 Å². The van der Waals surface area contributed by atoms with Crippen LogP contribution in [0.15, 0.2) is 52.2 Å². The van der Waals surface area contributed by atoms with Gasteiger partial charge in [0.25, 0.3) is 0 Å². The highest BCUT2D eigenvalue weighted by Crippen LogP contribution is 2.40. The number of thioether (sulfide) groups is 1. The normalized spacial score (nSPS) is 14.9. The van der Waals surface area contributed by atoms with Crippen LogP contribution in [0.2, 0.25) is 0 Å². The molecule has 1 fully saturated rings. The summed E-state index contributed by atoms with van der Waals surface area (Å²) in [5.74, 6) is 2.27. The molecule has 27 heavy (non-hydrogen) atoms. The van der Waals surface area contributed by atoms with Gasteiger partial charge in [0.15, 0.2) is 5.16 Å². The molecule has 1 saturated carbocycles. The second kappa shape index (κ2) is 7.60. The van der Waals surface area contributed by atoms with E-state index >= 15 is 0 Å². The van der Waals surface area contributed by atoms with Crippen LogP contribution in [-0.4, -0.2) is 25.9 Å². The summed E-state index contributed by atoms with van der Waals surface area (Å²) in [6.45, 7) is 4.45. The molecule has 0 spiro atoms. The molecule has 0 bridgehead atoms. The van der Waals surface area contributed by atoms with Crippen molar-refractivity contribution in [1.82, 2.24) is 14.8 Å². The third kappa shape index (κ3) is 4.08. The molecule has 4 rings (SSSR count). The molecule has 0 saturated heterocycles. The largest absolute Gasteiger partial charge is 0.467 e. The topological polar surface area (TPSA) is 73.0 Å². The molecule has 140 valence electrons. The molecule has 7 heteroatoms. The first-order chi connectivity index (χ1) is 13.1. The molecule has 1 atom stereocenters. The van der Waals surface area contributed by atoms with Crippen molar-refractivity contribution in [2.45, 2.75) is 49.6 Å². The monoisotopic (exact) mass is 382 g/mol. The molecule has 1 aromatic carbocycles. The number of nitrogens with zero attached hydrogens (tertiary/aromatic N) is 3. The molecule has 2 aromatic heterocycles. The highest BCUT2D eigenvalue weighted by atomic mass is 32.2. The van der Waals surface area contributed by atoms with Crippen LogP contribution in [0.5, 0.6) is 0 Å². The van der Waals surface area contributed by atoms with Gasteiger partial charge < -0.3 is 9.73 Å². The number of aryl methyl sites for hydroxylation is 1. The number of hydrogen-bond acceptors (Lipinski definition) is 5. The Bertz CT molecular complexity index is 931. The predicted octanol–water partition coefficient (Wildman–Crippen LogP) is 4.22. The Kier molecular flexibility index (Phi) is 5.03. The second-order valence-electron chi connectivity index (χ2n) is 6.84. The Morgan fingerprint density at radius 1 is 1.30 bits per heavy atom. The number of aromatic nitrogens is 3. The number of amides is 1. The molecule has 1 amide bonds. The van der Waals surface area contributed by atoms with E-state index < -0.39 is 0 Å². The fourth-order valence-corrected chi connectivity index (χ4v) is 3.75. The van der Waals surface area contributed by atoms with Gasteiger partial charge in [-0.15, -0.1) is 10.2 Å². The number of nitrogens with one attached hydrogen (secondary N) is 1. The Morgan fingerprint density at radius 3 is 2.81 bits per heavy atom. The van der Waals surface area contributed by atoms with Crippen molar-refractivity contribution >= 4 is 23.4 Å². The van der Waals surface area contributed by atoms with Crippen LogP contribution in [0.4, 0.5) is 5.69 Å². The molecule has 0 aliphatic heterocycles. The van der Waals surface area contributed by atoms with E-state index in [1.54, 1.807) is 6.26 Å². The zero-order valence-electron chi connectivity index (χ0n) is 15.4. The summed E-state index contributed by atoms with van der Waals surface area (Å²) < 4.78 is 7.58. The van der Waals surface area contributed by atoms with Crippen LogP contribution in [-0.2, 0) is 11.3 Å². The lowest BCUT2D eigenvalue weighted by molar-refractivity contribution is -0.115. The van der Waals surface area contributed by atoms with Gasteiger partial charge in [-0.1, -0.05) is 30.0 Å². The van der Waals surface area contributed by atoms with E-state index in [1.165, 1.54) is 11.8 Å².